The van der Waals surface area contributed by atoms with Gasteiger partial charge in [0.2, 0.25) is 0 Å². The molecule has 0 saturated heterocycles. The second-order valence-electron chi connectivity index (χ2n) is 3.87. The van der Waals surface area contributed by atoms with E-state index in [1.54, 1.807) is 0 Å². The average molecular weight is 301 g/mol. The molecular formula is C12H13F2N3S2. The van der Waals surface area contributed by atoms with Crippen LogP contribution in [0.15, 0.2) is 27.7 Å². The molecule has 0 aliphatic rings. The normalized spacial score (nSPS) is 10.9. The van der Waals surface area contributed by atoms with Crippen molar-refractivity contribution in [2.75, 3.05) is 6.54 Å². The molecule has 2 aromatic rings. The molecule has 0 amide bonds. The van der Waals surface area contributed by atoms with Crippen molar-refractivity contribution >= 4 is 23.3 Å². The molecule has 0 saturated carbocycles. The lowest BCUT2D eigenvalue weighted by molar-refractivity contribution is 0.534. The Labute approximate surface area is 118 Å². The van der Waals surface area contributed by atoms with Crippen LogP contribution in [0.5, 0.6) is 0 Å². The maximum absolute atomic E-state index is 13.9. The topological polar surface area (TPSA) is 37.8 Å². The summed E-state index contributed by atoms with van der Waals surface area (Å²) in [4.78, 5) is 3.87. The van der Waals surface area contributed by atoms with Crippen molar-refractivity contribution in [2.45, 2.75) is 29.1 Å². The summed E-state index contributed by atoms with van der Waals surface area (Å²) in [5.74, 6) is -1.12. The van der Waals surface area contributed by atoms with Gasteiger partial charge in [0.15, 0.2) is 4.34 Å². The van der Waals surface area contributed by atoms with E-state index in [9.17, 15) is 8.78 Å². The third-order valence-corrected chi connectivity index (χ3v) is 4.15. The average Bonchev–Trinajstić information content (AvgIpc) is 2.87. The van der Waals surface area contributed by atoms with E-state index >= 15 is 0 Å². The van der Waals surface area contributed by atoms with Crippen molar-refractivity contribution in [1.82, 2.24) is 14.7 Å². The summed E-state index contributed by atoms with van der Waals surface area (Å²) in [5.41, 5.74) is 0.602. The second kappa shape index (κ2) is 6.93. The van der Waals surface area contributed by atoms with Crippen molar-refractivity contribution in [3.05, 3.63) is 35.7 Å². The number of hydrogen-bond donors (Lipinski definition) is 1. The first-order chi connectivity index (χ1) is 9.20. The van der Waals surface area contributed by atoms with E-state index in [1.807, 2.05) is 6.92 Å². The fourth-order valence-electron chi connectivity index (χ4n) is 1.52. The van der Waals surface area contributed by atoms with E-state index in [-0.39, 0.29) is 4.90 Å². The standard InChI is InChI=1S/C12H13F2N3S2/c1-2-3-15-6-8-4-9(13)11(10(14)5-8)18-12-16-7-17-19-12/h4-5,7,15H,2-3,6H2,1H3. The third-order valence-electron chi connectivity index (χ3n) is 2.34. The number of nitrogens with one attached hydrogen (secondary N) is 1. The summed E-state index contributed by atoms with van der Waals surface area (Å²) in [5, 5.41) is 3.11. The van der Waals surface area contributed by atoms with Gasteiger partial charge in [-0.2, -0.15) is 4.37 Å². The first kappa shape index (κ1) is 14.4. The molecule has 0 spiro atoms. The van der Waals surface area contributed by atoms with E-state index in [0.717, 1.165) is 36.3 Å². The molecule has 0 aliphatic carbocycles. The summed E-state index contributed by atoms with van der Waals surface area (Å²) in [7, 11) is 0. The van der Waals surface area contributed by atoms with Crippen LogP contribution in [-0.2, 0) is 6.54 Å². The number of aromatic nitrogens is 2. The summed E-state index contributed by atoms with van der Waals surface area (Å²) in [6.45, 7) is 3.33. The van der Waals surface area contributed by atoms with Crippen LogP contribution in [-0.4, -0.2) is 15.9 Å². The molecule has 1 heterocycles. The number of hydrogen-bond acceptors (Lipinski definition) is 5. The largest absolute Gasteiger partial charge is 0.313 e. The molecule has 2 rings (SSSR count). The van der Waals surface area contributed by atoms with Gasteiger partial charge in [-0.15, -0.1) is 0 Å². The van der Waals surface area contributed by atoms with E-state index in [2.05, 4.69) is 14.7 Å². The highest BCUT2D eigenvalue weighted by Gasteiger charge is 2.14. The number of nitrogens with zero attached hydrogens (tertiary/aromatic N) is 2. The van der Waals surface area contributed by atoms with Crippen LogP contribution in [0.4, 0.5) is 8.78 Å². The summed E-state index contributed by atoms with van der Waals surface area (Å²) in [6, 6.07) is 2.71. The summed E-state index contributed by atoms with van der Waals surface area (Å²) < 4.78 is 32.1. The molecule has 0 radical (unpaired) electrons. The van der Waals surface area contributed by atoms with E-state index in [4.69, 9.17) is 0 Å². The molecule has 1 aromatic heterocycles. The summed E-state index contributed by atoms with van der Waals surface area (Å²) >= 11 is 2.07. The predicted octanol–water partition coefficient (Wildman–Crippen LogP) is 3.47. The maximum atomic E-state index is 13.9. The van der Waals surface area contributed by atoms with Crippen LogP contribution in [0.2, 0.25) is 0 Å². The Hall–Kier alpha value is -1.05. The Morgan fingerprint density at radius 3 is 2.63 bits per heavy atom. The number of halogens is 2. The monoisotopic (exact) mass is 301 g/mol. The maximum Gasteiger partial charge on any atom is 0.174 e. The molecule has 102 valence electrons. The number of benzene rings is 1. The predicted molar refractivity (Wildman–Crippen MR) is 72.4 cm³/mol. The van der Waals surface area contributed by atoms with Crippen LogP contribution < -0.4 is 5.32 Å². The zero-order valence-corrected chi connectivity index (χ0v) is 12.0. The molecule has 1 aromatic carbocycles. The first-order valence-corrected chi connectivity index (χ1v) is 7.43. The zero-order valence-electron chi connectivity index (χ0n) is 10.3. The fraction of sp³-hybridized carbons (Fsp3) is 0.333. The van der Waals surface area contributed by atoms with E-state index in [1.165, 1.54) is 18.5 Å². The quantitative estimate of drug-likeness (QED) is 0.829. The van der Waals surface area contributed by atoms with Gasteiger partial charge in [-0.1, -0.05) is 18.7 Å². The van der Waals surface area contributed by atoms with Gasteiger partial charge in [0.1, 0.15) is 18.0 Å². The highest BCUT2D eigenvalue weighted by Crippen LogP contribution is 2.33. The van der Waals surface area contributed by atoms with Gasteiger partial charge < -0.3 is 5.32 Å². The van der Waals surface area contributed by atoms with Gasteiger partial charge in [0.25, 0.3) is 0 Å². The van der Waals surface area contributed by atoms with Gasteiger partial charge in [-0.05, 0) is 42.2 Å². The van der Waals surface area contributed by atoms with Crippen molar-refractivity contribution in [3.8, 4) is 0 Å². The van der Waals surface area contributed by atoms with Gasteiger partial charge >= 0.3 is 0 Å². The Morgan fingerprint density at radius 1 is 1.32 bits per heavy atom. The fourth-order valence-corrected chi connectivity index (χ4v) is 2.91. The van der Waals surface area contributed by atoms with Crippen LogP contribution in [0.1, 0.15) is 18.9 Å². The zero-order chi connectivity index (χ0) is 13.7. The second-order valence-corrected chi connectivity index (χ2v) is 5.91. The third kappa shape index (κ3) is 3.95. The molecule has 1 N–H and O–H groups in total. The Balaban J connectivity index is 2.12. The van der Waals surface area contributed by atoms with Crippen LogP contribution in [0.3, 0.4) is 0 Å². The smallest absolute Gasteiger partial charge is 0.174 e. The molecule has 0 unspecified atom stereocenters. The Kier molecular flexibility index (Phi) is 5.24. The van der Waals surface area contributed by atoms with Crippen molar-refractivity contribution in [1.29, 1.82) is 0 Å². The molecule has 7 heteroatoms. The Morgan fingerprint density at radius 2 is 2.05 bits per heavy atom. The van der Waals surface area contributed by atoms with Crippen LogP contribution in [0.25, 0.3) is 0 Å². The summed E-state index contributed by atoms with van der Waals surface area (Å²) in [6.07, 6.45) is 2.35. The van der Waals surface area contributed by atoms with Crippen LogP contribution in [0, 0.1) is 11.6 Å². The molecule has 0 aliphatic heterocycles. The van der Waals surface area contributed by atoms with Gasteiger partial charge in [-0.25, -0.2) is 13.8 Å². The van der Waals surface area contributed by atoms with E-state index in [0.29, 0.717) is 16.4 Å². The molecule has 0 atom stereocenters. The van der Waals surface area contributed by atoms with E-state index < -0.39 is 11.6 Å². The minimum atomic E-state index is -0.562. The molecule has 0 fully saturated rings. The van der Waals surface area contributed by atoms with Crippen LogP contribution >= 0.6 is 23.3 Å². The minimum Gasteiger partial charge on any atom is -0.313 e. The molecule has 19 heavy (non-hydrogen) atoms. The van der Waals surface area contributed by atoms with Gasteiger partial charge in [0.05, 0.1) is 4.90 Å². The molecular weight excluding hydrogens is 288 g/mol. The van der Waals surface area contributed by atoms with Gasteiger partial charge in [0, 0.05) is 6.54 Å². The van der Waals surface area contributed by atoms with Crippen molar-refractivity contribution in [3.63, 3.8) is 0 Å². The minimum absolute atomic E-state index is 0.0315. The highest BCUT2D eigenvalue weighted by molar-refractivity contribution is 8.01. The van der Waals surface area contributed by atoms with Gasteiger partial charge in [-0.3, -0.25) is 0 Å². The lowest BCUT2D eigenvalue weighted by Crippen LogP contribution is -2.14. The lowest BCUT2D eigenvalue weighted by atomic mass is 10.2. The molecule has 0 bridgehead atoms. The highest BCUT2D eigenvalue weighted by atomic mass is 32.2. The SMILES string of the molecule is CCCNCc1cc(F)c(Sc2ncns2)c(F)c1. The lowest BCUT2D eigenvalue weighted by Gasteiger charge is -2.07. The number of rotatable bonds is 6. The Bertz CT molecular complexity index is 509. The molecule has 3 nitrogen and oxygen atoms in total. The first-order valence-electron chi connectivity index (χ1n) is 5.84. The van der Waals surface area contributed by atoms with Crippen molar-refractivity contribution in [2.24, 2.45) is 0 Å². The van der Waals surface area contributed by atoms with Crippen molar-refractivity contribution < 1.29 is 8.78 Å².